The van der Waals surface area contributed by atoms with E-state index in [-0.39, 0.29) is 6.10 Å². The first kappa shape index (κ1) is 20.5. The van der Waals surface area contributed by atoms with Crippen LogP contribution in [0.25, 0.3) is 0 Å². The zero-order valence-corrected chi connectivity index (χ0v) is 16.3. The Balaban J connectivity index is 1.53. The van der Waals surface area contributed by atoms with Crippen LogP contribution in [0.1, 0.15) is 25.3 Å². The second kappa shape index (κ2) is 11.8. The number of rotatable bonds is 10. The van der Waals surface area contributed by atoms with E-state index in [9.17, 15) is 0 Å². The molecule has 1 aliphatic heterocycles. The van der Waals surface area contributed by atoms with Gasteiger partial charge >= 0.3 is 0 Å². The van der Waals surface area contributed by atoms with Gasteiger partial charge in [-0.15, -0.1) is 0 Å². The Kier molecular flexibility index (Phi) is 9.28. The normalized spacial score (nSPS) is 18.6. The van der Waals surface area contributed by atoms with Crippen molar-refractivity contribution in [2.75, 3.05) is 46.6 Å². The third kappa shape index (κ3) is 8.06. The van der Waals surface area contributed by atoms with Crippen LogP contribution in [0.5, 0.6) is 5.75 Å². The molecule has 6 heteroatoms. The number of benzene rings is 1. The van der Waals surface area contributed by atoms with Gasteiger partial charge in [0.2, 0.25) is 0 Å². The van der Waals surface area contributed by atoms with Gasteiger partial charge < -0.3 is 24.8 Å². The molecule has 6 nitrogen and oxygen atoms in total. The van der Waals surface area contributed by atoms with Gasteiger partial charge in [0, 0.05) is 32.7 Å². The van der Waals surface area contributed by atoms with Gasteiger partial charge in [-0.1, -0.05) is 17.7 Å². The molecule has 146 valence electrons. The molecule has 0 amide bonds. The highest BCUT2D eigenvalue weighted by atomic mass is 16.5. The molecule has 0 aromatic heterocycles. The number of ether oxygens (including phenoxy) is 3. The van der Waals surface area contributed by atoms with Crippen LogP contribution >= 0.6 is 0 Å². The zero-order valence-electron chi connectivity index (χ0n) is 16.3. The van der Waals surface area contributed by atoms with Gasteiger partial charge in [0.15, 0.2) is 5.96 Å². The summed E-state index contributed by atoms with van der Waals surface area (Å²) in [5.74, 6) is 2.25. The average molecular weight is 364 g/mol. The minimum absolute atomic E-state index is 0.0493. The predicted molar refractivity (Wildman–Crippen MR) is 105 cm³/mol. The molecule has 0 spiro atoms. The Morgan fingerprint density at radius 1 is 1.31 bits per heavy atom. The summed E-state index contributed by atoms with van der Waals surface area (Å²) in [4.78, 5) is 4.24. The van der Waals surface area contributed by atoms with Crippen molar-refractivity contribution in [1.82, 2.24) is 10.6 Å². The van der Waals surface area contributed by atoms with Crippen LogP contribution in [0.4, 0.5) is 0 Å². The molecule has 1 fully saturated rings. The fourth-order valence-corrected chi connectivity index (χ4v) is 2.70. The molecule has 1 heterocycles. The summed E-state index contributed by atoms with van der Waals surface area (Å²) in [7, 11) is 1.78. The van der Waals surface area contributed by atoms with Crippen molar-refractivity contribution in [2.45, 2.75) is 32.8 Å². The fourth-order valence-electron chi connectivity index (χ4n) is 2.70. The maximum Gasteiger partial charge on any atom is 0.191 e. The number of hydrogen-bond acceptors (Lipinski definition) is 4. The summed E-state index contributed by atoms with van der Waals surface area (Å²) in [6.45, 7) is 8.91. The van der Waals surface area contributed by atoms with E-state index >= 15 is 0 Å². The largest absolute Gasteiger partial charge is 0.489 e. The van der Waals surface area contributed by atoms with E-state index in [0.717, 1.165) is 57.5 Å². The topological polar surface area (TPSA) is 64.1 Å². The van der Waals surface area contributed by atoms with Gasteiger partial charge in [0.05, 0.1) is 19.8 Å². The third-order valence-corrected chi connectivity index (χ3v) is 4.27. The Labute approximate surface area is 157 Å². The second-order valence-corrected chi connectivity index (χ2v) is 6.78. The molecule has 0 bridgehead atoms. The van der Waals surface area contributed by atoms with Gasteiger partial charge in [0.1, 0.15) is 11.9 Å². The molecule has 0 aliphatic carbocycles. The van der Waals surface area contributed by atoms with Crippen molar-refractivity contribution in [2.24, 2.45) is 10.9 Å². The van der Waals surface area contributed by atoms with Crippen molar-refractivity contribution in [3.05, 3.63) is 29.8 Å². The molecule has 0 saturated carbocycles. The Bertz CT molecular complexity index is 528. The van der Waals surface area contributed by atoms with Crippen molar-refractivity contribution < 1.29 is 14.2 Å². The minimum Gasteiger partial charge on any atom is -0.489 e. The van der Waals surface area contributed by atoms with E-state index in [0.29, 0.717) is 12.5 Å². The third-order valence-electron chi connectivity index (χ3n) is 4.27. The highest BCUT2D eigenvalue weighted by molar-refractivity contribution is 5.79. The monoisotopic (exact) mass is 363 g/mol. The molecule has 1 aliphatic rings. The maximum absolute atomic E-state index is 5.90. The zero-order chi connectivity index (χ0) is 18.6. The van der Waals surface area contributed by atoms with Crippen molar-refractivity contribution in [3.8, 4) is 5.75 Å². The van der Waals surface area contributed by atoms with Crippen LogP contribution in [-0.4, -0.2) is 58.6 Å². The summed E-state index contributed by atoms with van der Waals surface area (Å²) in [6.07, 6.45) is 2.12. The summed E-state index contributed by atoms with van der Waals surface area (Å²) in [6, 6.07) is 8.10. The Hall–Kier alpha value is -1.79. The van der Waals surface area contributed by atoms with E-state index in [1.165, 1.54) is 5.56 Å². The second-order valence-electron chi connectivity index (χ2n) is 6.78. The fraction of sp³-hybridized carbons (Fsp3) is 0.650. The lowest BCUT2D eigenvalue weighted by atomic mass is 10.1. The summed E-state index contributed by atoms with van der Waals surface area (Å²) in [5.41, 5.74) is 1.23. The molecule has 1 saturated heterocycles. The SMILES string of the molecule is CN=C(NCCCOCC1CCOC1)NCC(C)Oc1ccc(C)cc1. The Morgan fingerprint density at radius 2 is 2.12 bits per heavy atom. The van der Waals surface area contributed by atoms with Gasteiger partial charge in [-0.3, -0.25) is 4.99 Å². The molecular formula is C20H33N3O3. The molecule has 2 N–H and O–H groups in total. The lowest BCUT2D eigenvalue weighted by Gasteiger charge is -2.18. The van der Waals surface area contributed by atoms with Crippen LogP contribution < -0.4 is 15.4 Å². The van der Waals surface area contributed by atoms with Crippen molar-refractivity contribution >= 4 is 5.96 Å². The highest BCUT2D eigenvalue weighted by Gasteiger charge is 2.15. The molecule has 2 rings (SSSR count). The van der Waals surface area contributed by atoms with Crippen LogP contribution in [0.2, 0.25) is 0 Å². The minimum atomic E-state index is 0.0493. The van der Waals surface area contributed by atoms with E-state index in [2.05, 4.69) is 34.7 Å². The summed E-state index contributed by atoms with van der Waals surface area (Å²) < 4.78 is 16.9. The molecule has 2 atom stereocenters. The van der Waals surface area contributed by atoms with E-state index < -0.39 is 0 Å². The first-order chi connectivity index (χ1) is 12.7. The molecule has 26 heavy (non-hydrogen) atoms. The molecular weight excluding hydrogens is 330 g/mol. The van der Waals surface area contributed by atoms with Crippen LogP contribution in [-0.2, 0) is 9.47 Å². The summed E-state index contributed by atoms with van der Waals surface area (Å²) >= 11 is 0. The molecule has 2 unspecified atom stereocenters. The number of nitrogens with zero attached hydrogens (tertiary/aromatic N) is 1. The van der Waals surface area contributed by atoms with E-state index in [1.807, 2.05) is 19.1 Å². The smallest absolute Gasteiger partial charge is 0.191 e. The molecule has 0 radical (unpaired) electrons. The van der Waals surface area contributed by atoms with Gasteiger partial charge in [-0.2, -0.15) is 0 Å². The number of aliphatic imine (C=N–C) groups is 1. The van der Waals surface area contributed by atoms with Crippen LogP contribution in [0.15, 0.2) is 29.3 Å². The van der Waals surface area contributed by atoms with Crippen LogP contribution in [0.3, 0.4) is 0 Å². The van der Waals surface area contributed by atoms with Gasteiger partial charge in [0.25, 0.3) is 0 Å². The molecule has 1 aromatic carbocycles. The first-order valence-electron chi connectivity index (χ1n) is 9.50. The van der Waals surface area contributed by atoms with E-state index in [4.69, 9.17) is 14.2 Å². The lowest BCUT2D eigenvalue weighted by Crippen LogP contribution is -2.42. The highest BCUT2D eigenvalue weighted by Crippen LogP contribution is 2.13. The van der Waals surface area contributed by atoms with Crippen molar-refractivity contribution in [3.63, 3.8) is 0 Å². The number of aryl methyl sites for hydroxylation is 1. The number of hydrogen-bond donors (Lipinski definition) is 2. The average Bonchev–Trinajstić information content (AvgIpc) is 3.16. The molecule has 1 aromatic rings. The Morgan fingerprint density at radius 3 is 2.81 bits per heavy atom. The standard InChI is InChI=1S/C20H33N3O3/c1-16-5-7-19(8-6-16)26-17(2)13-23-20(21-3)22-10-4-11-24-14-18-9-12-25-15-18/h5-8,17-18H,4,9-15H2,1-3H3,(H2,21,22,23). The number of nitrogens with one attached hydrogen (secondary N) is 2. The number of guanidine groups is 1. The lowest BCUT2D eigenvalue weighted by molar-refractivity contribution is 0.0888. The first-order valence-corrected chi connectivity index (χ1v) is 9.50. The van der Waals surface area contributed by atoms with Crippen LogP contribution in [0, 0.1) is 12.8 Å². The maximum atomic E-state index is 5.90. The van der Waals surface area contributed by atoms with Crippen molar-refractivity contribution in [1.29, 1.82) is 0 Å². The quantitative estimate of drug-likeness (QED) is 0.380. The summed E-state index contributed by atoms with van der Waals surface area (Å²) in [5, 5.41) is 6.60. The van der Waals surface area contributed by atoms with Gasteiger partial charge in [-0.25, -0.2) is 0 Å². The van der Waals surface area contributed by atoms with E-state index in [1.54, 1.807) is 7.05 Å². The van der Waals surface area contributed by atoms with Gasteiger partial charge in [-0.05, 0) is 38.8 Å². The predicted octanol–water partition coefficient (Wildman–Crippen LogP) is 2.37.